The Labute approximate surface area is 284 Å². The van der Waals surface area contributed by atoms with E-state index in [0.29, 0.717) is 65.9 Å². The quantitative estimate of drug-likeness (QED) is 0.210. The first-order chi connectivity index (χ1) is 23.7. The lowest BCUT2D eigenvalue weighted by molar-refractivity contribution is -0.128. The van der Waals surface area contributed by atoms with Crippen LogP contribution in [0.25, 0.3) is 27.1 Å². The van der Waals surface area contributed by atoms with E-state index in [9.17, 15) is 4.79 Å². The van der Waals surface area contributed by atoms with Crippen molar-refractivity contribution in [1.29, 1.82) is 0 Å². The number of nitrogens with zero attached hydrogens (tertiary/aromatic N) is 8. The lowest BCUT2D eigenvalue weighted by Gasteiger charge is -2.47. The fourth-order valence-corrected chi connectivity index (χ4v) is 6.98. The maximum Gasteiger partial charge on any atom is 0.252 e. The van der Waals surface area contributed by atoms with Gasteiger partial charge in [-0.2, -0.15) is 10.2 Å². The number of hydrogen-bond donors (Lipinski definition) is 1. The molecule has 7 rings (SSSR count). The topological polar surface area (TPSA) is 119 Å². The van der Waals surface area contributed by atoms with Crippen LogP contribution in [0.5, 0.6) is 11.5 Å². The first-order valence-electron chi connectivity index (χ1n) is 16.7. The molecule has 0 radical (unpaired) electrons. The van der Waals surface area contributed by atoms with E-state index in [2.05, 4.69) is 38.7 Å². The van der Waals surface area contributed by atoms with Gasteiger partial charge in [0.2, 0.25) is 5.70 Å². The Morgan fingerprint density at radius 3 is 2.55 bits per heavy atom. The van der Waals surface area contributed by atoms with Gasteiger partial charge in [-0.05, 0) is 51.0 Å². The Kier molecular flexibility index (Phi) is 9.02. The van der Waals surface area contributed by atoms with Gasteiger partial charge in [0.15, 0.2) is 5.65 Å². The van der Waals surface area contributed by atoms with Crippen molar-refractivity contribution < 1.29 is 18.7 Å². The number of carbonyl (C=O) groups is 1. The lowest BCUT2D eigenvalue weighted by Crippen LogP contribution is -2.59. The second kappa shape index (κ2) is 13.5. The van der Waals surface area contributed by atoms with E-state index in [1.807, 2.05) is 24.3 Å². The number of carbonyl (C=O) groups excluding carboxylic acids is 1. The highest BCUT2D eigenvalue weighted by molar-refractivity contribution is 5.99. The van der Waals surface area contributed by atoms with E-state index < -0.39 is 11.4 Å². The van der Waals surface area contributed by atoms with Crippen molar-refractivity contribution in [2.24, 2.45) is 0 Å². The number of ether oxygens (including phenoxy) is 2. The van der Waals surface area contributed by atoms with Crippen LogP contribution in [-0.2, 0) is 9.53 Å². The molecule has 13 heteroatoms. The number of benzene rings is 2. The SMILES string of the molecule is [C-]#[N+]/C(=C\C(C)(C)N1CCN(C2COC2)CC1)C(=O)N1CCCC(n2nc(-c3ccc(Oc4ccccc4)cc3F)c3c(N)cnnc32)C1. The van der Waals surface area contributed by atoms with Crippen molar-refractivity contribution in [3.05, 3.63) is 83.7 Å². The molecule has 1 atom stereocenters. The number of nitrogens with two attached hydrogens (primary N) is 1. The van der Waals surface area contributed by atoms with Gasteiger partial charge in [-0.3, -0.25) is 14.6 Å². The number of hydrogen-bond acceptors (Lipinski definition) is 9. The number of piperazine rings is 1. The van der Waals surface area contributed by atoms with Crippen LogP contribution >= 0.6 is 0 Å². The van der Waals surface area contributed by atoms with E-state index >= 15 is 4.39 Å². The minimum atomic E-state index is -0.524. The molecular weight excluding hydrogens is 625 g/mol. The number of piperidine rings is 1. The molecule has 0 bridgehead atoms. The molecule has 1 amide bonds. The van der Waals surface area contributed by atoms with Crippen molar-refractivity contribution in [3.63, 3.8) is 0 Å². The summed E-state index contributed by atoms with van der Waals surface area (Å²) in [6, 6.07) is 14.0. The fraction of sp³-hybridized carbons (Fsp3) is 0.417. The maximum absolute atomic E-state index is 15.7. The van der Waals surface area contributed by atoms with Gasteiger partial charge in [0.1, 0.15) is 23.0 Å². The third-order valence-corrected chi connectivity index (χ3v) is 9.82. The molecule has 4 aromatic rings. The Morgan fingerprint density at radius 1 is 1.08 bits per heavy atom. The Balaban J connectivity index is 1.11. The molecule has 3 aliphatic rings. The summed E-state index contributed by atoms with van der Waals surface area (Å²) < 4.78 is 28.6. The predicted octanol–water partition coefficient (Wildman–Crippen LogP) is 4.77. The van der Waals surface area contributed by atoms with Gasteiger partial charge in [0.25, 0.3) is 5.91 Å². The number of fused-ring (bicyclic) bond motifs is 1. The Hall–Kier alpha value is -4.90. The van der Waals surface area contributed by atoms with Crippen molar-refractivity contribution in [2.75, 3.05) is 58.2 Å². The third kappa shape index (κ3) is 6.59. The second-order valence-corrected chi connectivity index (χ2v) is 13.4. The van der Waals surface area contributed by atoms with Crippen LogP contribution in [0.4, 0.5) is 10.1 Å². The smallest absolute Gasteiger partial charge is 0.252 e. The summed E-state index contributed by atoms with van der Waals surface area (Å²) in [6.45, 7) is 18.1. The lowest BCUT2D eigenvalue weighted by atomic mass is 9.98. The van der Waals surface area contributed by atoms with Crippen molar-refractivity contribution in [2.45, 2.75) is 44.3 Å². The second-order valence-electron chi connectivity index (χ2n) is 13.4. The van der Waals surface area contributed by atoms with E-state index in [1.165, 1.54) is 12.3 Å². The van der Waals surface area contributed by atoms with Crippen LogP contribution < -0.4 is 10.5 Å². The van der Waals surface area contributed by atoms with E-state index in [1.54, 1.807) is 33.8 Å². The predicted molar refractivity (Wildman–Crippen MR) is 183 cm³/mol. The van der Waals surface area contributed by atoms with Crippen molar-refractivity contribution >= 4 is 22.6 Å². The van der Waals surface area contributed by atoms with Crippen LogP contribution in [0.3, 0.4) is 0 Å². The van der Waals surface area contributed by atoms with Crippen LogP contribution in [0.2, 0.25) is 0 Å². The Bertz CT molecular complexity index is 1910. The molecule has 2 aromatic carbocycles. The highest BCUT2D eigenvalue weighted by Gasteiger charge is 2.35. The molecule has 1 unspecified atom stereocenters. The van der Waals surface area contributed by atoms with E-state index in [4.69, 9.17) is 26.9 Å². The standard InChI is InChI=1S/C36H40FN9O3/c1-36(2,45-16-14-43(15-17-45)25-22-48-23-25)19-31(39-3)35(47)44-13-7-8-24(21-44)46-34-32(30(38)20-40-41-34)33(42-46)28-12-11-27(18-29(28)37)49-26-9-5-4-6-10-26/h4-6,9-12,18-20,24-25H,7-8,13-17,21-23H2,1-2H3,(H2,38,41)/b31-19-. The average Bonchev–Trinajstić information content (AvgIpc) is 3.48. The van der Waals surface area contributed by atoms with Crippen LogP contribution in [0.1, 0.15) is 32.7 Å². The molecule has 5 heterocycles. The summed E-state index contributed by atoms with van der Waals surface area (Å²) in [7, 11) is 0. The molecule has 2 N–H and O–H groups in total. The molecule has 2 aromatic heterocycles. The van der Waals surface area contributed by atoms with Crippen LogP contribution in [0, 0.1) is 12.4 Å². The molecular formula is C36H40FN9O3. The minimum absolute atomic E-state index is 0.107. The number of amides is 1. The van der Waals surface area contributed by atoms with Gasteiger partial charge in [0.05, 0.1) is 49.1 Å². The zero-order chi connectivity index (χ0) is 34.1. The molecule has 3 fully saturated rings. The maximum atomic E-state index is 15.7. The average molecular weight is 666 g/mol. The Morgan fingerprint density at radius 2 is 1.86 bits per heavy atom. The van der Waals surface area contributed by atoms with Gasteiger partial charge in [0, 0.05) is 56.4 Å². The highest BCUT2D eigenvalue weighted by Crippen LogP contribution is 2.37. The zero-order valence-corrected chi connectivity index (χ0v) is 27.8. The van der Waals surface area contributed by atoms with Crippen LogP contribution in [-0.4, -0.2) is 105 Å². The molecule has 0 saturated carbocycles. The molecule has 3 aliphatic heterocycles. The van der Waals surface area contributed by atoms with Gasteiger partial charge in [-0.15, -0.1) is 5.10 Å². The molecule has 254 valence electrons. The summed E-state index contributed by atoms with van der Waals surface area (Å²) in [6.07, 6.45) is 4.65. The molecule has 3 saturated heterocycles. The third-order valence-electron chi connectivity index (χ3n) is 9.82. The highest BCUT2D eigenvalue weighted by atomic mass is 19.1. The summed E-state index contributed by atoms with van der Waals surface area (Å²) in [5.74, 6) is 0.117. The van der Waals surface area contributed by atoms with Gasteiger partial charge in [-0.1, -0.05) is 24.3 Å². The number of nitrogen functional groups attached to an aromatic ring is 1. The van der Waals surface area contributed by atoms with Crippen molar-refractivity contribution in [3.8, 4) is 22.8 Å². The first-order valence-corrected chi connectivity index (χ1v) is 16.7. The van der Waals surface area contributed by atoms with E-state index in [-0.39, 0.29) is 23.2 Å². The normalized spacial score (nSPS) is 19.8. The number of para-hydroxylation sites is 1. The minimum Gasteiger partial charge on any atom is -0.457 e. The van der Waals surface area contributed by atoms with Gasteiger partial charge >= 0.3 is 0 Å². The number of likely N-dealkylation sites (tertiary alicyclic amines) is 1. The summed E-state index contributed by atoms with van der Waals surface area (Å²) in [5.41, 5.74) is 7.33. The fourth-order valence-electron chi connectivity index (χ4n) is 6.98. The molecule has 0 spiro atoms. The van der Waals surface area contributed by atoms with Crippen molar-refractivity contribution in [1.82, 2.24) is 34.7 Å². The van der Waals surface area contributed by atoms with E-state index in [0.717, 1.165) is 39.4 Å². The summed E-state index contributed by atoms with van der Waals surface area (Å²) >= 11 is 0. The number of halogens is 1. The molecule has 0 aliphatic carbocycles. The first kappa shape index (κ1) is 32.6. The van der Waals surface area contributed by atoms with Crippen LogP contribution in [0.15, 0.2) is 66.5 Å². The number of aromatic nitrogens is 4. The molecule has 49 heavy (non-hydrogen) atoms. The summed E-state index contributed by atoms with van der Waals surface area (Å²) in [5, 5.41) is 13.8. The summed E-state index contributed by atoms with van der Waals surface area (Å²) in [4.78, 5) is 24.1. The number of rotatable bonds is 8. The molecule has 12 nitrogen and oxygen atoms in total. The number of anilines is 1. The van der Waals surface area contributed by atoms with Gasteiger partial charge in [-0.25, -0.2) is 13.9 Å². The van der Waals surface area contributed by atoms with Gasteiger partial charge < -0.3 is 20.1 Å². The largest absolute Gasteiger partial charge is 0.457 e. The zero-order valence-electron chi connectivity index (χ0n) is 27.8. The monoisotopic (exact) mass is 665 g/mol.